The van der Waals surface area contributed by atoms with Gasteiger partial charge in [0, 0.05) is 12.0 Å². The third-order valence-corrected chi connectivity index (χ3v) is 3.53. The van der Waals surface area contributed by atoms with Crippen molar-refractivity contribution in [1.29, 1.82) is 0 Å². The van der Waals surface area contributed by atoms with Crippen molar-refractivity contribution >= 4 is 27.9 Å². The number of thioether (sulfide) groups is 1. The van der Waals surface area contributed by atoms with E-state index in [2.05, 4.69) is 0 Å². The number of carbonyl (C=O) groups excluding carboxylic acids is 1. The Hall–Kier alpha value is -0.750. The lowest BCUT2D eigenvalue weighted by Crippen LogP contribution is -2.04. The van der Waals surface area contributed by atoms with Crippen LogP contribution in [0.4, 0.5) is 0 Å². The molecule has 4 nitrogen and oxygen atoms in total. The molecule has 0 saturated heterocycles. The van der Waals surface area contributed by atoms with Crippen molar-refractivity contribution in [2.75, 3.05) is 17.8 Å². The molecule has 0 atom stereocenters. The van der Waals surface area contributed by atoms with Gasteiger partial charge in [-0.05, 0) is 12.1 Å². The highest BCUT2D eigenvalue weighted by molar-refractivity contribution is 8.00. The summed E-state index contributed by atoms with van der Waals surface area (Å²) in [5.41, 5.74) is 0. The molecule has 0 radical (unpaired) electrons. The molecule has 0 fully saturated rings. The second kappa shape index (κ2) is 4.65. The Morgan fingerprint density at radius 1 is 1.50 bits per heavy atom. The van der Waals surface area contributed by atoms with Gasteiger partial charge in [0.05, 0.1) is 5.75 Å². The topological polar surface area (TPSA) is 64.3 Å². The molecule has 0 N–H and O–H groups in total. The van der Waals surface area contributed by atoms with Crippen LogP contribution >= 0.6 is 11.8 Å². The first-order valence-corrected chi connectivity index (χ1v) is 6.91. The van der Waals surface area contributed by atoms with Gasteiger partial charge in [-0.15, -0.1) is 0 Å². The lowest BCUT2D eigenvalue weighted by atomic mass is 10.5. The number of hydrogen-bond donors (Lipinski definition) is 0. The second-order valence-corrected chi connectivity index (χ2v) is 6.11. The van der Waals surface area contributed by atoms with Crippen LogP contribution in [-0.2, 0) is 9.84 Å². The van der Waals surface area contributed by atoms with Crippen molar-refractivity contribution in [2.45, 2.75) is 5.09 Å². The van der Waals surface area contributed by atoms with Crippen LogP contribution in [0.2, 0.25) is 0 Å². The zero-order chi connectivity index (χ0) is 10.6. The Kier molecular flexibility index (Phi) is 3.77. The van der Waals surface area contributed by atoms with Gasteiger partial charge in [-0.3, -0.25) is 4.79 Å². The van der Waals surface area contributed by atoms with Gasteiger partial charge >= 0.3 is 0 Å². The molecule has 0 aliphatic rings. The van der Waals surface area contributed by atoms with Crippen LogP contribution in [0.5, 0.6) is 0 Å². The molecule has 0 unspecified atom stereocenters. The van der Waals surface area contributed by atoms with Crippen LogP contribution in [-0.4, -0.2) is 32.5 Å². The number of aldehydes is 1. The molecule has 0 bridgehead atoms. The van der Waals surface area contributed by atoms with Crippen molar-refractivity contribution in [3.8, 4) is 0 Å². The van der Waals surface area contributed by atoms with E-state index in [1.54, 1.807) is 12.1 Å². The molecule has 0 saturated carbocycles. The molecule has 0 aliphatic carbocycles. The molecule has 0 aromatic carbocycles. The highest BCUT2D eigenvalue weighted by Gasteiger charge is 2.05. The molecule has 1 heterocycles. The van der Waals surface area contributed by atoms with Gasteiger partial charge in [0.1, 0.15) is 9.84 Å². The van der Waals surface area contributed by atoms with E-state index in [4.69, 9.17) is 4.42 Å². The van der Waals surface area contributed by atoms with Gasteiger partial charge in [-0.2, -0.15) is 0 Å². The van der Waals surface area contributed by atoms with Crippen molar-refractivity contribution in [3.63, 3.8) is 0 Å². The van der Waals surface area contributed by atoms with Crippen LogP contribution in [0.1, 0.15) is 10.6 Å². The van der Waals surface area contributed by atoms with Gasteiger partial charge < -0.3 is 4.42 Å². The van der Waals surface area contributed by atoms with Crippen LogP contribution in [0.3, 0.4) is 0 Å². The monoisotopic (exact) mass is 234 g/mol. The fraction of sp³-hybridized carbons (Fsp3) is 0.375. The zero-order valence-corrected chi connectivity index (χ0v) is 9.23. The molecule has 1 aromatic rings. The summed E-state index contributed by atoms with van der Waals surface area (Å²) in [6, 6.07) is 3.20. The van der Waals surface area contributed by atoms with E-state index in [0.717, 1.165) is 0 Å². The maximum Gasteiger partial charge on any atom is 0.185 e. The normalized spacial score (nSPS) is 11.5. The second-order valence-electron chi connectivity index (χ2n) is 2.75. The van der Waals surface area contributed by atoms with E-state index in [1.165, 1.54) is 18.0 Å². The lowest BCUT2D eigenvalue weighted by molar-refractivity contribution is 0.109. The highest BCUT2D eigenvalue weighted by Crippen LogP contribution is 2.20. The van der Waals surface area contributed by atoms with Crippen molar-refractivity contribution < 1.29 is 17.6 Å². The van der Waals surface area contributed by atoms with Crippen LogP contribution in [0.15, 0.2) is 21.6 Å². The third kappa shape index (κ3) is 3.97. The summed E-state index contributed by atoms with van der Waals surface area (Å²) < 4.78 is 26.6. The van der Waals surface area contributed by atoms with Crippen LogP contribution in [0.25, 0.3) is 0 Å². The Bertz CT molecular complexity index is 405. The zero-order valence-electron chi connectivity index (χ0n) is 7.60. The predicted octanol–water partition coefficient (Wildman–Crippen LogP) is 1.23. The first-order chi connectivity index (χ1) is 6.51. The summed E-state index contributed by atoms with van der Waals surface area (Å²) in [6.45, 7) is 0. The van der Waals surface area contributed by atoms with Gasteiger partial charge in [0.25, 0.3) is 0 Å². The third-order valence-electron chi connectivity index (χ3n) is 1.42. The molecule has 14 heavy (non-hydrogen) atoms. The van der Waals surface area contributed by atoms with Gasteiger partial charge in [0.2, 0.25) is 0 Å². The standard InChI is InChI=1S/C8H10O4S2/c1-14(10,11)5-4-13-8-3-2-7(6-9)12-8/h2-3,6H,4-5H2,1H3. The predicted molar refractivity (Wildman–Crippen MR) is 54.5 cm³/mol. The van der Waals surface area contributed by atoms with E-state index in [-0.39, 0.29) is 11.5 Å². The maximum absolute atomic E-state index is 10.8. The maximum atomic E-state index is 10.8. The fourth-order valence-corrected chi connectivity index (χ4v) is 2.83. The minimum atomic E-state index is -2.93. The quantitative estimate of drug-likeness (QED) is 0.566. The van der Waals surface area contributed by atoms with Gasteiger partial charge in [-0.25, -0.2) is 8.42 Å². The summed E-state index contributed by atoms with van der Waals surface area (Å²) in [4.78, 5) is 10.3. The van der Waals surface area contributed by atoms with Crippen LogP contribution in [0, 0.1) is 0 Å². The SMILES string of the molecule is CS(=O)(=O)CCSc1ccc(C=O)o1. The summed E-state index contributed by atoms with van der Waals surface area (Å²) in [7, 11) is -2.93. The number of hydrogen-bond acceptors (Lipinski definition) is 5. The van der Waals surface area contributed by atoms with E-state index in [9.17, 15) is 13.2 Å². The van der Waals surface area contributed by atoms with Crippen molar-refractivity contribution in [3.05, 3.63) is 17.9 Å². The fourth-order valence-electron chi connectivity index (χ4n) is 0.769. The van der Waals surface area contributed by atoms with E-state index < -0.39 is 9.84 Å². The first kappa shape index (κ1) is 11.3. The summed E-state index contributed by atoms with van der Waals surface area (Å²) >= 11 is 1.28. The Balaban J connectivity index is 2.42. The molecule has 0 aliphatic heterocycles. The molecule has 6 heteroatoms. The average molecular weight is 234 g/mol. The highest BCUT2D eigenvalue weighted by atomic mass is 32.2. The molecular weight excluding hydrogens is 224 g/mol. The summed E-state index contributed by atoms with van der Waals surface area (Å²) in [6.07, 6.45) is 1.80. The van der Waals surface area contributed by atoms with E-state index in [0.29, 0.717) is 17.1 Å². The van der Waals surface area contributed by atoms with E-state index >= 15 is 0 Å². The summed E-state index contributed by atoms with van der Waals surface area (Å²) in [5, 5.41) is 0.566. The average Bonchev–Trinajstić information content (AvgIpc) is 2.50. The molecular formula is C8H10O4S2. The smallest absolute Gasteiger partial charge is 0.185 e. The van der Waals surface area contributed by atoms with E-state index in [1.807, 2.05) is 0 Å². The first-order valence-electron chi connectivity index (χ1n) is 3.87. The lowest BCUT2D eigenvalue weighted by Gasteiger charge is -1.95. The Labute approximate surface area is 86.6 Å². The number of furan rings is 1. The molecule has 0 amide bonds. The molecule has 0 spiro atoms. The Morgan fingerprint density at radius 2 is 2.21 bits per heavy atom. The van der Waals surface area contributed by atoms with Crippen molar-refractivity contribution in [1.82, 2.24) is 0 Å². The number of rotatable bonds is 5. The minimum Gasteiger partial charge on any atom is -0.447 e. The molecule has 1 aromatic heterocycles. The summed E-state index contributed by atoms with van der Waals surface area (Å²) in [5.74, 6) is 0.797. The van der Waals surface area contributed by atoms with Gasteiger partial charge in [0.15, 0.2) is 17.1 Å². The van der Waals surface area contributed by atoms with Gasteiger partial charge in [-0.1, -0.05) is 11.8 Å². The van der Waals surface area contributed by atoms with Crippen LogP contribution < -0.4 is 0 Å². The van der Waals surface area contributed by atoms with Crippen molar-refractivity contribution in [2.24, 2.45) is 0 Å². The molecule has 78 valence electrons. The largest absolute Gasteiger partial charge is 0.447 e. The molecule has 1 rings (SSSR count). The minimum absolute atomic E-state index is 0.106. The number of sulfone groups is 1. The Morgan fingerprint density at radius 3 is 2.71 bits per heavy atom. The number of carbonyl (C=O) groups is 1.